The molecule has 0 bridgehead atoms. The third kappa shape index (κ3) is 5.48. The summed E-state index contributed by atoms with van der Waals surface area (Å²) < 4.78 is 22.0. The van der Waals surface area contributed by atoms with E-state index in [-0.39, 0.29) is 36.1 Å². The molecule has 0 saturated carbocycles. The Balaban J connectivity index is 1.40. The highest BCUT2D eigenvalue weighted by atomic mass is 16.5. The van der Waals surface area contributed by atoms with Crippen LogP contribution in [0.5, 0.6) is 17.2 Å². The quantitative estimate of drug-likeness (QED) is 0.498. The Bertz CT molecular complexity index is 1260. The van der Waals surface area contributed by atoms with Crippen LogP contribution in [0.15, 0.2) is 52.9 Å². The number of furan rings is 1. The van der Waals surface area contributed by atoms with Crippen molar-refractivity contribution in [3.05, 3.63) is 71.2 Å². The number of ether oxygens (including phenoxy) is 3. The molecule has 8 nitrogen and oxygen atoms in total. The number of carbonyl (C=O) groups is 2. The number of rotatable bonds is 8. The summed E-state index contributed by atoms with van der Waals surface area (Å²) in [5, 5.41) is 2.87. The van der Waals surface area contributed by atoms with Crippen LogP contribution in [0, 0.1) is 0 Å². The molecule has 0 aliphatic carbocycles. The van der Waals surface area contributed by atoms with E-state index in [0.29, 0.717) is 41.7 Å². The van der Waals surface area contributed by atoms with Gasteiger partial charge in [0.2, 0.25) is 0 Å². The molecule has 0 radical (unpaired) electrons. The molecule has 36 heavy (non-hydrogen) atoms. The summed E-state index contributed by atoms with van der Waals surface area (Å²) in [4.78, 5) is 27.0. The Hall–Kier alpha value is -3.94. The van der Waals surface area contributed by atoms with Crippen molar-refractivity contribution in [2.45, 2.75) is 39.2 Å². The van der Waals surface area contributed by atoms with Crippen molar-refractivity contribution < 1.29 is 28.2 Å². The van der Waals surface area contributed by atoms with E-state index in [9.17, 15) is 9.59 Å². The lowest BCUT2D eigenvalue weighted by Gasteiger charge is -2.30. The van der Waals surface area contributed by atoms with E-state index in [4.69, 9.17) is 18.6 Å². The van der Waals surface area contributed by atoms with Crippen LogP contribution < -0.4 is 24.4 Å². The lowest BCUT2D eigenvalue weighted by atomic mass is 9.86. The van der Waals surface area contributed by atoms with E-state index >= 15 is 0 Å². The first kappa shape index (κ1) is 25.2. The van der Waals surface area contributed by atoms with Gasteiger partial charge in [-0.2, -0.15) is 0 Å². The van der Waals surface area contributed by atoms with Crippen LogP contribution in [0.3, 0.4) is 0 Å². The second-order valence-electron chi connectivity index (χ2n) is 9.66. The second-order valence-corrected chi connectivity index (χ2v) is 9.66. The van der Waals surface area contributed by atoms with Crippen LogP contribution in [0.25, 0.3) is 0 Å². The molecule has 2 heterocycles. The van der Waals surface area contributed by atoms with Crippen molar-refractivity contribution in [2.75, 3.05) is 32.3 Å². The predicted octanol–water partition coefficient (Wildman–Crippen LogP) is 4.49. The van der Waals surface area contributed by atoms with Crippen LogP contribution in [-0.2, 0) is 23.2 Å². The number of hydrogen-bond donors (Lipinski definition) is 1. The minimum atomic E-state index is -0.314. The van der Waals surface area contributed by atoms with Gasteiger partial charge in [-0.3, -0.25) is 14.5 Å². The van der Waals surface area contributed by atoms with Crippen LogP contribution in [0.4, 0.5) is 5.69 Å². The fraction of sp³-hybridized carbons (Fsp3) is 0.357. The Morgan fingerprint density at radius 3 is 2.53 bits per heavy atom. The first-order valence-corrected chi connectivity index (χ1v) is 11.8. The average Bonchev–Trinajstić information content (AvgIpc) is 3.33. The van der Waals surface area contributed by atoms with Gasteiger partial charge in [0.1, 0.15) is 11.5 Å². The maximum atomic E-state index is 12.7. The van der Waals surface area contributed by atoms with Crippen molar-refractivity contribution in [1.82, 2.24) is 5.32 Å². The van der Waals surface area contributed by atoms with E-state index in [0.717, 1.165) is 11.1 Å². The zero-order chi connectivity index (χ0) is 25.9. The van der Waals surface area contributed by atoms with Crippen LogP contribution in [-0.4, -0.2) is 39.2 Å². The van der Waals surface area contributed by atoms with E-state index < -0.39 is 0 Å². The molecular formula is C28H32N2O6. The Kier molecular flexibility index (Phi) is 7.24. The number of carbonyl (C=O) groups excluding carboxylic acids is 2. The normalized spacial score (nSPS) is 13.1. The second kappa shape index (κ2) is 10.4. The van der Waals surface area contributed by atoms with E-state index in [2.05, 4.69) is 26.1 Å². The molecule has 1 aliphatic heterocycles. The summed E-state index contributed by atoms with van der Waals surface area (Å²) >= 11 is 0. The topological polar surface area (TPSA) is 90.2 Å². The van der Waals surface area contributed by atoms with E-state index in [1.807, 2.05) is 36.4 Å². The molecule has 8 heteroatoms. The molecule has 3 aromatic rings. The van der Waals surface area contributed by atoms with Crippen molar-refractivity contribution in [3.63, 3.8) is 0 Å². The lowest BCUT2D eigenvalue weighted by molar-refractivity contribution is -0.121. The molecule has 4 rings (SSSR count). The summed E-state index contributed by atoms with van der Waals surface area (Å²) in [7, 11) is 3.18. The number of amides is 2. The maximum absolute atomic E-state index is 12.7. The first-order chi connectivity index (χ1) is 17.2. The predicted molar refractivity (Wildman–Crippen MR) is 136 cm³/mol. The zero-order valence-electron chi connectivity index (χ0n) is 21.3. The summed E-state index contributed by atoms with van der Waals surface area (Å²) in [5.74, 6) is 2.19. The highest BCUT2D eigenvalue weighted by Gasteiger charge is 2.28. The molecule has 0 unspecified atom stereocenters. The lowest BCUT2D eigenvalue weighted by Crippen LogP contribution is -2.38. The Labute approximate surface area is 211 Å². The van der Waals surface area contributed by atoms with Gasteiger partial charge in [0.05, 0.1) is 26.5 Å². The average molecular weight is 493 g/mol. The first-order valence-electron chi connectivity index (χ1n) is 11.8. The number of hydrogen-bond acceptors (Lipinski definition) is 6. The number of methoxy groups -OCH3 is 2. The van der Waals surface area contributed by atoms with Crippen LogP contribution in [0.1, 0.15) is 48.2 Å². The van der Waals surface area contributed by atoms with Crippen LogP contribution in [0.2, 0.25) is 0 Å². The summed E-state index contributed by atoms with van der Waals surface area (Å²) in [5.41, 5.74) is 2.73. The number of nitrogens with zero attached hydrogens (tertiary/aromatic N) is 1. The van der Waals surface area contributed by atoms with E-state index in [1.165, 1.54) is 0 Å². The summed E-state index contributed by atoms with van der Waals surface area (Å²) in [6.45, 7) is 6.95. The highest BCUT2D eigenvalue weighted by Crippen LogP contribution is 2.37. The third-order valence-electron chi connectivity index (χ3n) is 6.11. The number of benzene rings is 2. The Morgan fingerprint density at radius 1 is 1.03 bits per heavy atom. The molecule has 0 spiro atoms. The van der Waals surface area contributed by atoms with Crippen molar-refractivity contribution in [3.8, 4) is 17.2 Å². The molecule has 0 saturated heterocycles. The van der Waals surface area contributed by atoms with Gasteiger partial charge >= 0.3 is 0 Å². The van der Waals surface area contributed by atoms with Gasteiger partial charge in [0, 0.05) is 6.54 Å². The largest absolute Gasteiger partial charge is 0.493 e. The third-order valence-corrected chi connectivity index (χ3v) is 6.11. The van der Waals surface area contributed by atoms with Crippen LogP contribution >= 0.6 is 0 Å². The van der Waals surface area contributed by atoms with Gasteiger partial charge < -0.3 is 23.9 Å². The fourth-order valence-corrected chi connectivity index (χ4v) is 4.03. The van der Waals surface area contributed by atoms with E-state index in [1.54, 1.807) is 31.3 Å². The molecule has 0 fully saturated rings. The smallest absolute Gasteiger partial charge is 0.287 e. The summed E-state index contributed by atoms with van der Waals surface area (Å²) in [6, 6.07) is 14.9. The maximum Gasteiger partial charge on any atom is 0.287 e. The minimum Gasteiger partial charge on any atom is -0.493 e. The summed E-state index contributed by atoms with van der Waals surface area (Å²) in [6.07, 6.45) is 0.620. The van der Waals surface area contributed by atoms with Crippen molar-refractivity contribution >= 4 is 17.5 Å². The number of nitrogens with one attached hydrogen (secondary N) is 1. The molecule has 2 amide bonds. The monoisotopic (exact) mass is 492 g/mol. The van der Waals surface area contributed by atoms with Gasteiger partial charge in [-0.15, -0.1) is 0 Å². The molecular weight excluding hydrogens is 460 g/mol. The SMILES string of the molecule is COc1ccc(CCNC(=O)c2ccc(CN3C(=O)COc4ccc(C(C)(C)C)cc43)o2)cc1OC. The Morgan fingerprint density at radius 2 is 1.81 bits per heavy atom. The molecule has 1 aliphatic rings. The van der Waals surface area contributed by atoms with Gasteiger partial charge in [0.15, 0.2) is 23.9 Å². The fourth-order valence-electron chi connectivity index (χ4n) is 4.03. The van der Waals surface area contributed by atoms with Crippen molar-refractivity contribution in [1.29, 1.82) is 0 Å². The molecule has 1 N–H and O–H groups in total. The minimum absolute atomic E-state index is 0.0357. The number of fused-ring (bicyclic) bond motifs is 1. The standard InChI is InChI=1S/C28H32N2O6/c1-28(2,3)19-7-10-22-21(15-19)30(26(31)17-35-22)16-20-8-11-24(36-20)27(32)29-13-12-18-6-9-23(33-4)25(14-18)34-5/h6-11,14-15H,12-13,16-17H2,1-5H3,(H,29,32). The molecule has 190 valence electrons. The van der Waals surface area contributed by atoms with Gasteiger partial charge in [-0.1, -0.05) is 32.9 Å². The van der Waals surface area contributed by atoms with Gasteiger partial charge in [0.25, 0.3) is 11.8 Å². The highest BCUT2D eigenvalue weighted by molar-refractivity contribution is 5.98. The van der Waals surface area contributed by atoms with Gasteiger partial charge in [-0.05, 0) is 59.4 Å². The zero-order valence-corrected chi connectivity index (χ0v) is 21.3. The molecule has 2 aromatic carbocycles. The molecule has 0 atom stereocenters. The van der Waals surface area contributed by atoms with Crippen molar-refractivity contribution in [2.24, 2.45) is 0 Å². The molecule has 1 aromatic heterocycles. The number of anilines is 1. The van der Waals surface area contributed by atoms with Gasteiger partial charge in [-0.25, -0.2) is 0 Å².